The summed E-state index contributed by atoms with van der Waals surface area (Å²) in [6.07, 6.45) is 3.10. The van der Waals surface area contributed by atoms with Crippen LogP contribution in [0.25, 0.3) is 22.5 Å². The number of aliphatic imine (C=N–C) groups is 1. The van der Waals surface area contributed by atoms with Crippen molar-refractivity contribution in [2.75, 3.05) is 23.8 Å². The number of aromatic nitrogens is 3. The lowest BCUT2D eigenvalue weighted by atomic mass is 10.0. The minimum absolute atomic E-state index is 0.00324. The monoisotopic (exact) mass is 438 g/mol. The van der Waals surface area contributed by atoms with Gasteiger partial charge in [0.15, 0.2) is 0 Å². The summed E-state index contributed by atoms with van der Waals surface area (Å²) in [5, 5.41) is 15.2. The summed E-state index contributed by atoms with van der Waals surface area (Å²) < 4.78 is 0. The number of aryl methyl sites for hydroxylation is 1. The van der Waals surface area contributed by atoms with Crippen LogP contribution in [0.4, 0.5) is 17.3 Å². The van der Waals surface area contributed by atoms with E-state index in [4.69, 9.17) is 16.7 Å². The highest BCUT2D eigenvalue weighted by Gasteiger charge is 2.20. The van der Waals surface area contributed by atoms with Crippen molar-refractivity contribution in [3.05, 3.63) is 53.8 Å². The lowest BCUT2D eigenvalue weighted by Gasteiger charge is -2.10. The Labute approximate surface area is 185 Å². The number of hydrogen-bond donors (Lipinski definition) is 4. The summed E-state index contributed by atoms with van der Waals surface area (Å²) >= 11 is 5.90. The Morgan fingerprint density at radius 1 is 1.35 bits per heavy atom. The molecule has 0 radical (unpaired) electrons. The summed E-state index contributed by atoms with van der Waals surface area (Å²) in [6.45, 7) is 7.38. The van der Waals surface area contributed by atoms with Gasteiger partial charge in [0.2, 0.25) is 5.91 Å². The molecule has 0 aliphatic heterocycles. The van der Waals surface area contributed by atoms with Crippen LogP contribution in [0.5, 0.6) is 0 Å². The number of carbonyl (C=O) groups excluding carboxylic acids is 1. The minimum Gasteiger partial charge on any atom is -0.395 e. The summed E-state index contributed by atoms with van der Waals surface area (Å²) in [6, 6.07) is 9.18. The van der Waals surface area contributed by atoms with Gasteiger partial charge in [-0.15, -0.1) is 0 Å². The van der Waals surface area contributed by atoms with Crippen molar-refractivity contribution in [1.82, 2.24) is 15.0 Å². The fourth-order valence-electron chi connectivity index (χ4n) is 3.07. The molecular weight excluding hydrogens is 416 g/mol. The number of nitrogens with zero attached hydrogens (tertiary/aromatic N) is 3. The predicted molar refractivity (Wildman–Crippen MR) is 125 cm³/mol. The van der Waals surface area contributed by atoms with Crippen molar-refractivity contribution in [1.29, 1.82) is 0 Å². The smallest absolute Gasteiger partial charge is 0.222 e. The zero-order chi connectivity index (χ0) is 22.4. The molecule has 0 fully saturated rings. The summed E-state index contributed by atoms with van der Waals surface area (Å²) in [5.74, 6) is 0.859. The topological polar surface area (TPSA) is 115 Å². The summed E-state index contributed by atoms with van der Waals surface area (Å²) in [7, 11) is 0. The zero-order valence-electron chi connectivity index (χ0n) is 17.2. The number of allylic oxidation sites excluding steroid dienone is 1. The maximum atomic E-state index is 11.4. The molecule has 0 aliphatic rings. The number of aromatic amines is 1. The average Bonchev–Trinajstić information content (AvgIpc) is 3.07. The molecule has 3 aromatic heterocycles. The number of anilines is 2. The first-order chi connectivity index (χ1) is 14.9. The molecule has 0 saturated carbocycles. The number of aliphatic hydroxyl groups excluding tert-OH is 1. The quantitative estimate of drug-likeness (QED) is 0.392. The fraction of sp³-hybridized carbons (Fsp3) is 0.182. The maximum Gasteiger partial charge on any atom is 0.222 e. The van der Waals surface area contributed by atoms with Crippen molar-refractivity contribution in [2.45, 2.75) is 13.8 Å². The van der Waals surface area contributed by atoms with Crippen LogP contribution in [0, 0.1) is 6.92 Å². The van der Waals surface area contributed by atoms with E-state index >= 15 is 0 Å². The molecule has 31 heavy (non-hydrogen) atoms. The number of H-pyrrole nitrogens is 1. The molecule has 3 heterocycles. The second-order valence-electron chi connectivity index (χ2n) is 6.72. The van der Waals surface area contributed by atoms with E-state index in [-0.39, 0.29) is 12.5 Å². The number of hydrogen-bond acceptors (Lipinski definition) is 6. The molecule has 0 atom stereocenters. The van der Waals surface area contributed by atoms with Gasteiger partial charge in [0.05, 0.1) is 34.3 Å². The van der Waals surface area contributed by atoms with Crippen LogP contribution >= 0.6 is 11.6 Å². The van der Waals surface area contributed by atoms with E-state index in [1.165, 1.54) is 13.1 Å². The van der Waals surface area contributed by atoms with E-state index in [0.29, 0.717) is 34.6 Å². The molecule has 3 aromatic rings. The van der Waals surface area contributed by atoms with Gasteiger partial charge in [0, 0.05) is 37.1 Å². The van der Waals surface area contributed by atoms with Crippen molar-refractivity contribution in [2.24, 2.45) is 4.99 Å². The molecular formula is C22H23ClN6O2. The van der Waals surface area contributed by atoms with Crippen LogP contribution in [0.3, 0.4) is 0 Å². The van der Waals surface area contributed by atoms with Crippen LogP contribution in [0.1, 0.15) is 12.6 Å². The van der Waals surface area contributed by atoms with Gasteiger partial charge in [-0.25, -0.2) is 9.97 Å². The Hall–Kier alpha value is -3.49. The van der Waals surface area contributed by atoms with Gasteiger partial charge in [0.25, 0.3) is 0 Å². The molecule has 0 unspecified atom stereocenters. The van der Waals surface area contributed by atoms with Crippen molar-refractivity contribution >= 4 is 41.0 Å². The first-order valence-corrected chi connectivity index (χ1v) is 9.94. The molecule has 0 bridgehead atoms. The predicted octanol–water partition coefficient (Wildman–Crippen LogP) is 4.26. The third kappa shape index (κ3) is 5.56. The molecule has 0 saturated heterocycles. The Morgan fingerprint density at radius 3 is 2.87 bits per heavy atom. The van der Waals surface area contributed by atoms with E-state index < -0.39 is 0 Å². The van der Waals surface area contributed by atoms with E-state index in [9.17, 15) is 4.79 Å². The fourth-order valence-corrected chi connectivity index (χ4v) is 3.12. The molecule has 0 spiro atoms. The van der Waals surface area contributed by atoms with Gasteiger partial charge in [-0.3, -0.25) is 9.79 Å². The van der Waals surface area contributed by atoms with Crippen molar-refractivity contribution in [3.63, 3.8) is 0 Å². The normalized spacial score (nSPS) is 11.0. The number of rotatable bonds is 8. The summed E-state index contributed by atoms with van der Waals surface area (Å²) in [4.78, 5) is 28.2. The van der Waals surface area contributed by atoms with E-state index in [0.717, 1.165) is 22.5 Å². The largest absolute Gasteiger partial charge is 0.395 e. The first kappa shape index (κ1) is 22.2. The first-order valence-electron chi connectivity index (χ1n) is 9.56. The molecule has 160 valence electrons. The number of aliphatic hydroxyl groups is 1. The van der Waals surface area contributed by atoms with Gasteiger partial charge in [-0.1, -0.05) is 24.2 Å². The van der Waals surface area contributed by atoms with Crippen LogP contribution in [-0.2, 0) is 4.79 Å². The molecule has 0 aliphatic carbocycles. The highest BCUT2D eigenvalue weighted by molar-refractivity contribution is 6.39. The Morgan fingerprint density at radius 2 is 2.16 bits per heavy atom. The number of halogens is 1. The number of nitrogens with one attached hydrogen (secondary N) is 3. The molecule has 3 rings (SSSR count). The third-order valence-corrected chi connectivity index (χ3v) is 4.36. The molecule has 9 heteroatoms. The van der Waals surface area contributed by atoms with Crippen molar-refractivity contribution < 1.29 is 9.90 Å². The molecule has 1 amide bonds. The van der Waals surface area contributed by atoms with Crippen LogP contribution in [0.2, 0.25) is 0 Å². The minimum atomic E-state index is -0.206. The second kappa shape index (κ2) is 10.0. The highest BCUT2D eigenvalue weighted by atomic mass is 35.5. The van der Waals surface area contributed by atoms with Gasteiger partial charge < -0.3 is 20.7 Å². The maximum absolute atomic E-state index is 11.4. The number of amides is 1. The molecule has 8 nitrogen and oxygen atoms in total. The number of pyridine rings is 2. The van der Waals surface area contributed by atoms with Gasteiger partial charge in [-0.2, -0.15) is 0 Å². The third-order valence-electron chi connectivity index (χ3n) is 4.26. The van der Waals surface area contributed by atoms with Crippen LogP contribution in [0.15, 0.2) is 53.1 Å². The van der Waals surface area contributed by atoms with Crippen molar-refractivity contribution in [3.8, 4) is 22.5 Å². The summed E-state index contributed by atoms with van der Waals surface area (Å²) in [5.41, 5.74) is 4.49. The standard InChI is InChI=1S/C22H23ClN6O2/c1-13(23)12-26-21-14(2)27-22(16-7-8-24-19(11-16)28-15(3)31)20(21)17-5-4-6-18(29-17)25-9-10-30/h4-8,11-12,27,30H,1,9-10H2,2-3H3,(H,25,29)(H,24,28,31)/b26-12-. The van der Waals surface area contributed by atoms with Crippen LogP contribution < -0.4 is 10.6 Å². The van der Waals surface area contributed by atoms with Gasteiger partial charge >= 0.3 is 0 Å². The van der Waals surface area contributed by atoms with E-state index in [1.807, 2.05) is 31.2 Å². The Bertz CT molecular complexity index is 1140. The Balaban J connectivity index is 2.18. The van der Waals surface area contributed by atoms with Gasteiger partial charge in [0.1, 0.15) is 11.6 Å². The lowest BCUT2D eigenvalue weighted by molar-refractivity contribution is -0.114. The number of carbonyl (C=O) groups is 1. The lowest BCUT2D eigenvalue weighted by Crippen LogP contribution is -2.07. The van der Waals surface area contributed by atoms with E-state index in [1.54, 1.807) is 12.3 Å². The SMILES string of the molecule is C=C(Cl)/C=N\c1c(C)[nH]c(-c2ccnc(NC(C)=O)c2)c1-c1cccc(NCCO)n1. The average molecular weight is 439 g/mol. The second-order valence-corrected chi connectivity index (χ2v) is 7.21. The van der Waals surface area contributed by atoms with Crippen LogP contribution in [-0.4, -0.2) is 45.3 Å². The molecule has 0 aromatic carbocycles. The van der Waals surface area contributed by atoms with Gasteiger partial charge in [-0.05, 0) is 31.2 Å². The molecule has 4 N–H and O–H groups in total. The highest BCUT2D eigenvalue weighted by Crippen LogP contribution is 2.41. The Kier molecular flexibility index (Phi) is 7.17. The zero-order valence-corrected chi connectivity index (χ0v) is 18.0. The van der Waals surface area contributed by atoms with E-state index in [2.05, 4.69) is 37.2 Å².